The van der Waals surface area contributed by atoms with Gasteiger partial charge in [0.05, 0.1) is 0 Å². The summed E-state index contributed by atoms with van der Waals surface area (Å²) in [5.74, 6) is 0.546. The molecule has 2 heterocycles. The number of aromatic amines is 1. The third-order valence-electron chi connectivity index (χ3n) is 2.98. The van der Waals surface area contributed by atoms with E-state index in [2.05, 4.69) is 30.8 Å². The quantitative estimate of drug-likeness (QED) is 0.748. The van der Waals surface area contributed by atoms with Crippen molar-refractivity contribution in [2.75, 3.05) is 7.05 Å². The Balaban J connectivity index is 2.43. The van der Waals surface area contributed by atoms with Gasteiger partial charge in [-0.25, -0.2) is 0 Å². The zero-order chi connectivity index (χ0) is 10.3. The maximum atomic E-state index is 5.81. The first-order valence-electron chi connectivity index (χ1n) is 5.24. The van der Waals surface area contributed by atoms with Gasteiger partial charge in [-0.05, 0) is 24.1 Å². The van der Waals surface area contributed by atoms with Crippen LogP contribution >= 0.6 is 0 Å². The lowest BCUT2D eigenvalue weighted by molar-refractivity contribution is 0.348. The Morgan fingerprint density at radius 3 is 2.71 bits per heavy atom. The number of nitrogens with one attached hydrogen (secondary N) is 1. The molecule has 0 amide bonds. The maximum Gasteiger partial charge on any atom is 0.0389 e. The molecule has 1 aliphatic heterocycles. The van der Waals surface area contributed by atoms with E-state index in [0.29, 0.717) is 12.5 Å². The number of nitrogens with zero attached hydrogens (tertiary/aromatic N) is 1. The number of H-pyrrole nitrogens is 1. The average molecular weight is 193 g/mol. The molecule has 1 aromatic rings. The number of nitrogens with two attached hydrogens (primary N) is 1. The molecule has 3 N–H and O–H groups in total. The molecular weight excluding hydrogens is 174 g/mol. The number of rotatable bonds is 2. The highest BCUT2D eigenvalue weighted by Gasteiger charge is 2.24. The Kier molecular flexibility index (Phi) is 2.37. The van der Waals surface area contributed by atoms with Crippen molar-refractivity contribution in [2.45, 2.75) is 39.4 Å². The van der Waals surface area contributed by atoms with Crippen molar-refractivity contribution in [3.8, 4) is 0 Å². The van der Waals surface area contributed by atoms with E-state index < -0.39 is 0 Å². The average Bonchev–Trinajstić information content (AvgIpc) is 2.59. The summed E-state index contributed by atoms with van der Waals surface area (Å²) < 4.78 is 0. The smallest absolute Gasteiger partial charge is 0.0389 e. The highest BCUT2D eigenvalue weighted by molar-refractivity contribution is 5.40. The van der Waals surface area contributed by atoms with Crippen LogP contribution in [0.15, 0.2) is 0 Å². The second kappa shape index (κ2) is 3.41. The van der Waals surface area contributed by atoms with Crippen molar-refractivity contribution < 1.29 is 0 Å². The van der Waals surface area contributed by atoms with Crippen molar-refractivity contribution in [3.63, 3.8) is 0 Å². The fourth-order valence-corrected chi connectivity index (χ4v) is 2.31. The molecule has 2 rings (SSSR count). The van der Waals surface area contributed by atoms with E-state index in [1.807, 2.05) is 0 Å². The van der Waals surface area contributed by atoms with Gasteiger partial charge in [0.1, 0.15) is 0 Å². The summed E-state index contributed by atoms with van der Waals surface area (Å²) in [6, 6.07) is 0. The van der Waals surface area contributed by atoms with Gasteiger partial charge in [-0.15, -0.1) is 0 Å². The molecule has 0 unspecified atom stereocenters. The van der Waals surface area contributed by atoms with Crippen LogP contribution in [0, 0.1) is 0 Å². The lowest BCUT2D eigenvalue weighted by Gasteiger charge is -2.10. The van der Waals surface area contributed by atoms with Crippen LogP contribution in [0.25, 0.3) is 0 Å². The van der Waals surface area contributed by atoms with Crippen LogP contribution in [-0.2, 0) is 19.6 Å². The van der Waals surface area contributed by atoms with E-state index in [0.717, 1.165) is 13.1 Å². The van der Waals surface area contributed by atoms with Crippen molar-refractivity contribution in [2.24, 2.45) is 5.73 Å². The molecular formula is C11H19N3. The van der Waals surface area contributed by atoms with Crippen LogP contribution in [0.1, 0.15) is 42.3 Å². The van der Waals surface area contributed by atoms with E-state index in [9.17, 15) is 0 Å². The molecule has 0 atom stereocenters. The van der Waals surface area contributed by atoms with Crippen molar-refractivity contribution in [1.29, 1.82) is 0 Å². The predicted molar refractivity (Wildman–Crippen MR) is 57.9 cm³/mol. The summed E-state index contributed by atoms with van der Waals surface area (Å²) in [6.45, 7) is 7.17. The summed E-state index contributed by atoms with van der Waals surface area (Å²) in [6.07, 6.45) is 0. The van der Waals surface area contributed by atoms with Gasteiger partial charge in [0.2, 0.25) is 0 Å². The molecule has 0 fully saturated rings. The SMILES string of the molecule is CC(C)c1[nH]c2c(c1CN)CN(C)C2. The van der Waals surface area contributed by atoms with Crippen LogP contribution < -0.4 is 5.73 Å². The Morgan fingerprint density at radius 2 is 2.14 bits per heavy atom. The highest BCUT2D eigenvalue weighted by atomic mass is 15.1. The number of hydrogen-bond acceptors (Lipinski definition) is 2. The molecule has 1 aromatic heterocycles. The Bertz CT molecular complexity index is 339. The van der Waals surface area contributed by atoms with E-state index in [1.165, 1.54) is 22.5 Å². The predicted octanol–water partition coefficient (Wildman–Crippen LogP) is 1.54. The highest BCUT2D eigenvalue weighted by Crippen LogP contribution is 2.30. The first-order valence-corrected chi connectivity index (χ1v) is 5.24. The summed E-state index contributed by atoms with van der Waals surface area (Å²) in [5, 5.41) is 0. The minimum absolute atomic E-state index is 0.546. The Morgan fingerprint density at radius 1 is 1.43 bits per heavy atom. The van der Waals surface area contributed by atoms with Gasteiger partial charge in [-0.3, -0.25) is 4.90 Å². The molecule has 0 bridgehead atoms. The first kappa shape index (κ1) is 9.74. The minimum atomic E-state index is 0.546. The molecule has 14 heavy (non-hydrogen) atoms. The monoisotopic (exact) mass is 193 g/mol. The second-order valence-corrected chi connectivity index (χ2v) is 4.51. The van der Waals surface area contributed by atoms with E-state index in [4.69, 9.17) is 5.73 Å². The van der Waals surface area contributed by atoms with Gasteiger partial charge in [-0.1, -0.05) is 13.8 Å². The molecule has 0 aliphatic carbocycles. The molecule has 0 radical (unpaired) electrons. The van der Waals surface area contributed by atoms with Gasteiger partial charge in [0.25, 0.3) is 0 Å². The zero-order valence-corrected chi connectivity index (χ0v) is 9.22. The molecule has 0 saturated carbocycles. The van der Waals surface area contributed by atoms with E-state index >= 15 is 0 Å². The van der Waals surface area contributed by atoms with E-state index in [1.54, 1.807) is 0 Å². The summed E-state index contributed by atoms with van der Waals surface area (Å²) in [4.78, 5) is 5.83. The molecule has 0 spiro atoms. The molecule has 0 saturated heterocycles. The van der Waals surface area contributed by atoms with Gasteiger partial charge < -0.3 is 10.7 Å². The molecule has 78 valence electrons. The summed E-state index contributed by atoms with van der Waals surface area (Å²) >= 11 is 0. The Hall–Kier alpha value is -0.800. The van der Waals surface area contributed by atoms with Gasteiger partial charge in [-0.2, -0.15) is 0 Å². The van der Waals surface area contributed by atoms with E-state index in [-0.39, 0.29) is 0 Å². The lowest BCUT2D eigenvalue weighted by atomic mass is 10.0. The van der Waals surface area contributed by atoms with Crippen LogP contribution in [0.5, 0.6) is 0 Å². The Labute approximate surface area is 85.3 Å². The van der Waals surface area contributed by atoms with Crippen LogP contribution in [-0.4, -0.2) is 16.9 Å². The van der Waals surface area contributed by atoms with Crippen LogP contribution in [0.4, 0.5) is 0 Å². The molecule has 0 aromatic carbocycles. The van der Waals surface area contributed by atoms with Gasteiger partial charge in [0.15, 0.2) is 0 Å². The minimum Gasteiger partial charge on any atom is -0.360 e. The topological polar surface area (TPSA) is 45.1 Å². The third-order valence-corrected chi connectivity index (χ3v) is 2.98. The standard InChI is InChI=1S/C11H19N3/c1-7(2)11-8(4-12)9-5-14(3)6-10(9)13-11/h7,13H,4-6,12H2,1-3H3. The number of fused-ring (bicyclic) bond motifs is 1. The third kappa shape index (κ3) is 1.37. The van der Waals surface area contributed by atoms with Gasteiger partial charge >= 0.3 is 0 Å². The molecule has 1 aliphatic rings. The zero-order valence-electron chi connectivity index (χ0n) is 9.22. The summed E-state index contributed by atoms with van der Waals surface area (Å²) in [5.41, 5.74) is 11.3. The van der Waals surface area contributed by atoms with Crippen molar-refractivity contribution >= 4 is 0 Å². The fraction of sp³-hybridized carbons (Fsp3) is 0.636. The largest absolute Gasteiger partial charge is 0.360 e. The van der Waals surface area contributed by atoms with Crippen molar-refractivity contribution in [3.05, 3.63) is 22.5 Å². The fourth-order valence-electron chi connectivity index (χ4n) is 2.31. The number of hydrogen-bond donors (Lipinski definition) is 2. The molecule has 3 nitrogen and oxygen atoms in total. The maximum absolute atomic E-state index is 5.81. The molecule has 3 heteroatoms. The van der Waals surface area contributed by atoms with Crippen LogP contribution in [0.3, 0.4) is 0 Å². The van der Waals surface area contributed by atoms with Crippen molar-refractivity contribution in [1.82, 2.24) is 9.88 Å². The normalized spacial score (nSPS) is 16.6. The lowest BCUT2D eigenvalue weighted by Crippen LogP contribution is -2.11. The second-order valence-electron chi connectivity index (χ2n) is 4.51. The number of aromatic nitrogens is 1. The first-order chi connectivity index (χ1) is 6.63. The van der Waals surface area contributed by atoms with Crippen LogP contribution in [0.2, 0.25) is 0 Å². The summed E-state index contributed by atoms with van der Waals surface area (Å²) in [7, 11) is 2.14. The van der Waals surface area contributed by atoms with Gasteiger partial charge in [0, 0.05) is 31.0 Å².